The van der Waals surface area contributed by atoms with E-state index in [4.69, 9.17) is 19.9 Å². The number of esters is 2. The van der Waals surface area contributed by atoms with E-state index in [1.165, 1.54) is 14.0 Å². The van der Waals surface area contributed by atoms with Crippen molar-refractivity contribution in [3.63, 3.8) is 0 Å². The molecule has 0 aliphatic carbocycles. The summed E-state index contributed by atoms with van der Waals surface area (Å²) in [6, 6.07) is 7.23. The molecule has 2 aromatic rings. The molecule has 1 heterocycles. The van der Waals surface area contributed by atoms with Gasteiger partial charge in [-0.2, -0.15) is 0 Å². The van der Waals surface area contributed by atoms with E-state index in [0.29, 0.717) is 29.5 Å². The van der Waals surface area contributed by atoms with E-state index in [0.717, 1.165) is 16.7 Å². The van der Waals surface area contributed by atoms with E-state index < -0.39 is 30.3 Å². The molecule has 3 rings (SSSR count). The summed E-state index contributed by atoms with van der Waals surface area (Å²) in [6.45, 7) is 4.43. The van der Waals surface area contributed by atoms with E-state index in [1.54, 1.807) is 12.1 Å². The largest absolute Gasteiger partial charge is 0.486 e. The van der Waals surface area contributed by atoms with Crippen LogP contribution in [-0.4, -0.2) is 60.9 Å². The van der Waals surface area contributed by atoms with E-state index in [9.17, 15) is 19.2 Å². The van der Waals surface area contributed by atoms with Crippen molar-refractivity contribution >= 4 is 34.5 Å². The van der Waals surface area contributed by atoms with E-state index in [1.807, 2.05) is 26.0 Å². The van der Waals surface area contributed by atoms with Crippen LogP contribution in [0.2, 0.25) is 0 Å². The van der Waals surface area contributed by atoms with Crippen molar-refractivity contribution in [2.45, 2.75) is 45.6 Å². The number of likely N-dealkylation sites (N-methyl/N-ethyl adjacent to an activating group) is 1. The molecule has 0 saturated carbocycles. The van der Waals surface area contributed by atoms with Gasteiger partial charge in [-0.05, 0) is 26.2 Å². The molecule has 1 aliphatic heterocycles. The summed E-state index contributed by atoms with van der Waals surface area (Å²) in [6.07, 6.45) is 2.06. The fourth-order valence-electron chi connectivity index (χ4n) is 3.87. The van der Waals surface area contributed by atoms with Crippen LogP contribution in [0.5, 0.6) is 17.2 Å². The molecule has 1 atom stereocenters. The molecule has 0 bridgehead atoms. The van der Waals surface area contributed by atoms with Crippen molar-refractivity contribution in [1.82, 2.24) is 10.2 Å². The second-order valence-corrected chi connectivity index (χ2v) is 8.72. The standard InChI is InChI=1S/C25H31N3O7/c1-5-25(3)11-10-18-22(35-25)16-8-6-7-9-17(16)23(24(18)33-15(2)29)34-21(32)13-27-19(30)14-28(4)20(31)12-26/h6-9H,5,10-14,26H2,1-4H3,(H,27,30). The lowest BCUT2D eigenvalue weighted by Crippen LogP contribution is -2.42. The van der Waals surface area contributed by atoms with Gasteiger partial charge < -0.3 is 30.2 Å². The number of benzene rings is 2. The first-order valence-electron chi connectivity index (χ1n) is 11.4. The lowest BCUT2D eigenvalue weighted by Gasteiger charge is -2.36. The molecule has 35 heavy (non-hydrogen) atoms. The first kappa shape index (κ1) is 26.0. The maximum atomic E-state index is 12.7. The molecule has 2 aromatic carbocycles. The molecule has 10 nitrogen and oxygen atoms in total. The average Bonchev–Trinajstić information content (AvgIpc) is 2.83. The van der Waals surface area contributed by atoms with Crippen LogP contribution in [0.3, 0.4) is 0 Å². The van der Waals surface area contributed by atoms with Gasteiger partial charge in [-0.1, -0.05) is 31.2 Å². The van der Waals surface area contributed by atoms with Crippen LogP contribution >= 0.6 is 0 Å². The lowest BCUT2D eigenvalue weighted by molar-refractivity contribution is -0.137. The van der Waals surface area contributed by atoms with Crippen molar-refractivity contribution in [2.24, 2.45) is 5.73 Å². The topological polar surface area (TPSA) is 137 Å². The van der Waals surface area contributed by atoms with Gasteiger partial charge in [0.05, 0.1) is 13.1 Å². The Hall–Kier alpha value is -3.66. The number of hydrogen-bond donors (Lipinski definition) is 2. The molecule has 0 fully saturated rings. The van der Waals surface area contributed by atoms with Gasteiger partial charge in [-0.15, -0.1) is 0 Å². The van der Waals surface area contributed by atoms with Crippen LogP contribution in [0.4, 0.5) is 0 Å². The van der Waals surface area contributed by atoms with Crippen LogP contribution in [0, 0.1) is 0 Å². The minimum Gasteiger partial charge on any atom is -0.486 e. The molecule has 0 saturated heterocycles. The van der Waals surface area contributed by atoms with Gasteiger partial charge in [-0.3, -0.25) is 14.4 Å². The number of fused-ring (bicyclic) bond motifs is 3. The highest BCUT2D eigenvalue weighted by atomic mass is 16.6. The molecule has 2 amide bonds. The van der Waals surface area contributed by atoms with Crippen LogP contribution in [0.25, 0.3) is 10.8 Å². The van der Waals surface area contributed by atoms with Crippen LogP contribution in [0.15, 0.2) is 24.3 Å². The van der Waals surface area contributed by atoms with Gasteiger partial charge in [0.15, 0.2) is 11.5 Å². The maximum Gasteiger partial charge on any atom is 0.330 e. The van der Waals surface area contributed by atoms with E-state index in [2.05, 4.69) is 5.32 Å². The Morgan fingerprint density at radius 1 is 1.14 bits per heavy atom. The summed E-state index contributed by atoms with van der Waals surface area (Å²) in [5, 5.41) is 3.69. The third-order valence-corrected chi connectivity index (χ3v) is 6.04. The quantitative estimate of drug-likeness (QED) is 0.426. The van der Waals surface area contributed by atoms with Crippen molar-refractivity contribution in [1.29, 1.82) is 0 Å². The Labute approximate surface area is 203 Å². The lowest BCUT2D eigenvalue weighted by atomic mass is 9.88. The number of carbonyl (C=O) groups is 4. The zero-order valence-corrected chi connectivity index (χ0v) is 20.4. The second-order valence-electron chi connectivity index (χ2n) is 8.72. The van der Waals surface area contributed by atoms with Crippen molar-refractivity contribution < 1.29 is 33.4 Å². The zero-order chi connectivity index (χ0) is 25.8. The first-order valence-corrected chi connectivity index (χ1v) is 11.4. The van der Waals surface area contributed by atoms with Gasteiger partial charge in [0.1, 0.15) is 17.9 Å². The minimum atomic E-state index is -0.764. The molecular weight excluding hydrogens is 454 g/mol. The number of carbonyl (C=O) groups excluding carboxylic acids is 4. The summed E-state index contributed by atoms with van der Waals surface area (Å²) < 4.78 is 17.6. The Morgan fingerprint density at radius 2 is 1.83 bits per heavy atom. The van der Waals surface area contributed by atoms with Crippen LogP contribution in [0.1, 0.15) is 39.2 Å². The third-order valence-electron chi connectivity index (χ3n) is 6.04. The number of ether oxygens (including phenoxy) is 3. The number of hydrogen-bond acceptors (Lipinski definition) is 8. The number of nitrogens with two attached hydrogens (primary N) is 1. The molecule has 0 aromatic heterocycles. The highest BCUT2D eigenvalue weighted by molar-refractivity contribution is 6.00. The summed E-state index contributed by atoms with van der Waals surface area (Å²) >= 11 is 0. The highest BCUT2D eigenvalue weighted by Gasteiger charge is 2.35. The first-order chi connectivity index (χ1) is 16.6. The fourth-order valence-corrected chi connectivity index (χ4v) is 3.87. The second kappa shape index (κ2) is 10.7. The predicted molar refractivity (Wildman–Crippen MR) is 128 cm³/mol. The molecule has 10 heteroatoms. The summed E-state index contributed by atoms with van der Waals surface area (Å²) in [7, 11) is 1.43. The average molecular weight is 486 g/mol. The molecular formula is C25H31N3O7. The Kier molecular flexibility index (Phi) is 7.96. The van der Waals surface area contributed by atoms with Crippen LogP contribution in [-0.2, 0) is 25.6 Å². The molecule has 188 valence electrons. The van der Waals surface area contributed by atoms with Gasteiger partial charge in [0.2, 0.25) is 11.8 Å². The Bertz CT molecular complexity index is 1160. The Balaban J connectivity index is 1.91. The molecule has 0 radical (unpaired) electrons. The summed E-state index contributed by atoms with van der Waals surface area (Å²) in [5.74, 6) is -1.45. The van der Waals surface area contributed by atoms with Crippen molar-refractivity contribution in [3.05, 3.63) is 29.8 Å². The fraction of sp³-hybridized carbons (Fsp3) is 0.440. The molecule has 0 spiro atoms. The monoisotopic (exact) mass is 485 g/mol. The number of rotatable bonds is 8. The molecule has 1 aliphatic rings. The molecule has 3 N–H and O–H groups in total. The summed E-state index contributed by atoms with van der Waals surface area (Å²) in [4.78, 5) is 49.4. The Morgan fingerprint density at radius 3 is 2.46 bits per heavy atom. The van der Waals surface area contributed by atoms with Gasteiger partial charge in [0, 0.05) is 30.3 Å². The van der Waals surface area contributed by atoms with Crippen LogP contribution < -0.4 is 25.3 Å². The van der Waals surface area contributed by atoms with Crippen molar-refractivity contribution in [3.8, 4) is 17.2 Å². The highest BCUT2D eigenvalue weighted by Crippen LogP contribution is 2.50. The van der Waals surface area contributed by atoms with Gasteiger partial charge in [-0.25, -0.2) is 4.79 Å². The SMILES string of the molecule is CCC1(C)CCc2c(OC(C)=O)c(OC(=O)CNC(=O)CN(C)C(=O)CN)c3ccccc3c2O1. The predicted octanol–water partition coefficient (Wildman–Crippen LogP) is 1.70. The normalized spacial score (nSPS) is 16.6. The summed E-state index contributed by atoms with van der Waals surface area (Å²) in [5.41, 5.74) is 5.56. The van der Waals surface area contributed by atoms with Gasteiger partial charge in [0.25, 0.3) is 0 Å². The number of nitrogens with zero attached hydrogens (tertiary/aromatic N) is 1. The third kappa shape index (κ3) is 5.89. The minimum absolute atomic E-state index is 0.0907. The zero-order valence-electron chi connectivity index (χ0n) is 20.4. The van der Waals surface area contributed by atoms with E-state index >= 15 is 0 Å². The molecule has 1 unspecified atom stereocenters. The maximum absolute atomic E-state index is 12.7. The van der Waals surface area contributed by atoms with Gasteiger partial charge >= 0.3 is 11.9 Å². The van der Waals surface area contributed by atoms with E-state index in [-0.39, 0.29) is 30.2 Å². The number of amides is 2. The van der Waals surface area contributed by atoms with Crippen molar-refractivity contribution in [2.75, 3.05) is 26.7 Å². The number of nitrogens with one attached hydrogen (secondary N) is 1. The smallest absolute Gasteiger partial charge is 0.330 e.